The van der Waals surface area contributed by atoms with Crippen molar-refractivity contribution in [2.75, 3.05) is 52.9 Å². The maximum atomic E-state index is 9.17. The van der Waals surface area contributed by atoms with Crippen molar-refractivity contribution in [2.45, 2.75) is 51.0 Å². The highest BCUT2D eigenvalue weighted by Gasteiger charge is 2.16. The third-order valence-electron chi connectivity index (χ3n) is 7.89. The summed E-state index contributed by atoms with van der Waals surface area (Å²) in [5.74, 6) is 1.62. The van der Waals surface area contributed by atoms with E-state index in [1.807, 2.05) is 42.7 Å². The van der Waals surface area contributed by atoms with Gasteiger partial charge in [-0.05, 0) is 106 Å². The molecular formula is C35H46ClN7O. The summed E-state index contributed by atoms with van der Waals surface area (Å²) in [7, 11) is 2.14. The zero-order chi connectivity index (χ0) is 30.8. The van der Waals surface area contributed by atoms with Crippen LogP contribution in [-0.2, 0) is 6.54 Å². The molecule has 3 aromatic rings. The standard InChI is InChI=1S/C35H46ClN7O/c1-42(24-17-33(34-12-3-4-18-38-34)30-13-15-31(36)16-14-30)21-8-19-39-35(41-28-37)40-20-9-25-44-32-11-7-10-29(26-32)27-43-22-5-2-6-23-43/h3-4,7,10-16,18,26,33H,2,5-6,8-9,17,19-25,27H2,1H3,(H2,39,40,41). The first kappa shape index (κ1) is 33.3. The molecule has 234 valence electrons. The number of rotatable bonds is 16. The largest absolute Gasteiger partial charge is 0.494 e. The van der Waals surface area contributed by atoms with Crippen LogP contribution in [0.2, 0.25) is 5.02 Å². The lowest BCUT2D eigenvalue weighted by Crippen LogP contribution is -2.36. The fourth-order valence-electron chi connectivity index (χ4n) is 5.53. The van der Waals surface area contributed by atoms with Crippen molar-refractivity contribution >= 4 is 17.6 Å². The summed E-state index contributed by atoms with van der Waals surface area (Å²) in [5.41, 5.74) is 3.59. The van der Waals surface area contributed by atoms with Crippen LogP contribution in [0.25, 0.3) is 0 Å². The van der Waals surface area contributed by atoms with Crippen molar-refractivity contribution in [1.82, 2.24) is 25.4 Å². The highest BCUT2D eigenvalue weighted by Crippen LogP contribution is 2.28. The first-order valence-electron chi connectivity index (χ1n) is 15.8. The average molecular weight is 616 g/mol. The maximum absolute atomic E-state index is 9.17. The van der Waals surface area contributed by atoms with Gasteiger partial charge in [0.05, 0.1) is 6.61 Å². The van der Waals surface area contributed by atoms with E-state index in [1.54, 1.807) is 0 Å². The molecule has 2 N–H and O–H groups in total. The minimum absolute atomic E-state index is 0.208. The summed E-state index contributed by atoms with van der Waals surface area (Å²) >= 11 is 6.13. The van der Waals surface area contributed by atoms with Crippen molar-refractivity contribution in [3.8, 4) is 11.9 Å². The summed E-state index contributed by atoms with van der Waals surface area (Å²) in [6.45, 7) is 7.09. The van der Waals surface area contributed by atoms with Crippen LogP contribution in [0.5, 0.6) is 5.75 Å². The summed E-state index contributed by atoms with van der Waals surface area (Å²) in [4.78, 5) is 14.0. The van der Waals surface area contributed by atoms with E-state index in [1.165, 1.54) is 43.5 Å². The van der Waals surface area contributed by atoms with Crippen LogP contribution in [0, 0.1) is 11.5 Å². The second-order valence-corrected chi connectivity index (χ2v) is 11.8. The summed E-state index contributed by atoms with van der Waals surface area (Å²) < 4.78 is 5.99. The van der Waals surface area contributed by atoms with Gasteiger partial charge in [0.25, 0.3) is 0 Å². The predicted molar refractivity (Wildman–Crippen MR) is 179 cm³/mol. The van der Waals surface area contributed by atoms with Crippen molar-refractivity contribution in [1.29, 1.82) is 5.26 Å². The summed E-state index contributed by atoms with van der Waals surface area (Å²) in [6, 6.07) is 22.6. The van der Waals surface area contributed by atoms with Crippen LogP contribution < -0.4 is 15.4 Å². The first-order valence-corrected chi connectivity index (χ1v) is 16.2. The third-order valence-corrected chi connectivity index (χ3v) is 8.15. The number of aromatic nitrogens is 1. The van der Waals surface area contributed by atoms with E-state index in [4.69, 9.17) is 16.3 Å². The molecule has 2 aromatic carbocycles. The Bertz CT molecular complexity index is 1310. The number of aliphatic imine (C=N–C) groups is 1. The Labute approximate surface area is 268 Å². The number of guanidine groups is 1. The van der Waals surface area contributed by atoms with E-state index in [0.717, 1.165) is 61.9 Å². The molecule has 1 saturated heterocycles. The van der Waals surface area contributed by atoms with Gasteiger partial charge in [-0.2, -0.15) is 5.26 Å². The topological polar surface area (TPSA) is 88.8 Å². The highest BCUT2D eigenvalue weighted by molar-refractivity contribution is 6.30. The number of ether oxygens (including phenoxy) is 1. The Hall–Kier alpha value is -3.64. The van der Waals surface area contributed by atoms with Gasteiger partial charge in [0, 0.05) is 48.9 Å². The summed E-state index contributed by atoms with van der Waals surface area (Å²) in [6.07, 6.45) is 10.4. The van der Waals surface area contributed by atoms with E-state index in [2.05, 4.69) is 73.9 Å². The van der Waals surface area contributed by atoms with Crippen molar-refractivity contribution < 1.29 is 4.74 Å². The molecule has 2 heterocycles. The minimum atomic E-state index is 0.208. The van der Waals surface area contributed by atoms with Gasteiger partial charge in [0.2, 0.25) is 5.96 Å². The van der Waals surface area contributed by atoms with Gasteiger partial charge < -0.3 is 15.0 Å². The molecule has 0 saturated carbocycles. The molecule has 1 fully saturated rings. The lowest BCUT2D eigenvalue weighted by atomic mass is 9.92. The first-order chi connectivity index (χ1) is 21.6. The zero-order valence-corrected chi connectivity index (χ0v) is 26.7. The van der Waals surface area contributed by atoms with Crippen LogP contribution in [0.4, 0.5) is 0 Å². The highest BCUT2D eigenvalue weighted by atomic mass is 35.5. The monoisotopic (exact) mass is 615 g/mol. The molecule has 0 radical (unpaired) electrons. The number of hydrogen-bond acceptors (Lipinski definition) is 6. The SMILES string of the molecule is CN(CCCNC(=NCCCOc1cccc(CN2CCCCC2)c1)NC#N)CCC(c1ccc(Cl)cc1)c1ccccn1. The van der Waals surface area contributed by atoms with Crippen molar-refractivity contribution in [3.05, 3.63) is 94.8 Å². The average Bonchev–Trinajstić information content (AvgIpc) is 3.05. The van der Waals surface area contributed by atoms with Crippen LogP contribution in [-0.4, -0.2) is 73.7 Å². The molecule has 0 spiro atoms. The molecule has 44 heavy (non-hydrogen) atoms. The molecule has 1 aliphatic heterocycles. The van der Waals surface area contributed by atoms with E-state index in [0.29, 0.717) is 19.1 Å². The molecule has 9 heteroatoms. The van der Waals surface area contributed by atoms with E-state index >= 15 is 0 Å². The molecule has 0 aliphatic carbocycles. The van der Waals surface area contributed by atoms with Crippen molar-refractivity contribution in [2.24, 2.45) is 4.99 Å². The molecule has 8 nitrogen and oxygen atoms in total. The summed E-state index contributed by atoms with van der Waals surface area (Å²) in [5, 5.41) is 15.9. The lowest BCUT2D eigenvalue weighted by molar-refractivity contribution is 0.220. The lowest BCUT2D eigenvalue weighted by Gasteiger charge is -2.26. The van der Waals surface area contributed by atoms with Crippen LogP contribution >= 0.6 is 11.6 Å². The van der Waals surface area contributed by atoms with E-state index in [9.17, 15) is 5.26 Å². The quantitative estimate of drug-likeness (QED) is 0.0667. The Morgan fingerprint density at radius 3 is 2.68 bits per heavy atom. The molecule has 1 unspecified atom stereocenters. The molecule has 4 rings (SSSR count). The van der Waals surface area contributed by atoms with Crippen LogP contribution in [0.3, 0.4) is 0 Å². The van der Waals surface area contributed by atoms with Gasteiger partial charge in [0.1, 0.15) is 5.75 Å². The smallest absolute Gasteiger partial charge is 0.204 e. The van der Waals surface area contributed by atoms with Gasteiger partial charge in [-0.3, -0.25) is 20.2 Å². The number of nitrogens with zero attached hydrogens (tertiary/aromatic N) is 5. The molecular weight excluding hydrogens is 570 g/mol. The number of hydrogen-bond donors (Lipinski definition) is 2. The molecule has 1 atom stereocenters. The van der Waals surface area contributed by atoms with Gasteiger partial charge >= 0.3 is 0 Å². The van der Waals surface area contributed by atoms with Crippen LogP contribution in [0.1, 0.15) is 61.3 Å². The van der Waals surface area contributed by atoms with Gasteiger partial charge in [-0.1, -0.05) is 48.4 Å². The number of benzene rings is 2. The number of nitriles is 1. The minimum Gasteiger partial charge on any atom is -0.494 e. The predicted octanol–water partition coefficient (Wildman–Crippen LogP) is 6.05. The van der Waals surface area contributed by atoms with E-state index < -0.39 is 0 Å². The Balaban J connectivity index is 1.14. The molecule has 0 bridgehead atoms. The second-order valence-electron chi connectivity index (χ2n) is 11.4. The number of halogens is 1. The molecule has 0 amide bonds. The maximum Gasteiger partial charge on any atom is 0.204 e. The number of piperidine rings is 1. The molecule has 1 aromatic heterocycles. The third kappa shape index (κ3) is 11.8. The Morgan fingerprint density at radius 1 is 1.07 bits per heavy atom. The second kappa shape index (κ2) is 18.9. The fraction of sp³-hybridized carbons (Fsp3) is 0.457. The zero-order valence-electron chi connectivity index (χ0n) is 25.9. The van der Waals surface area contributed by atoms with Gasteiger partial charge in [-0.15, -0.1) is 0 Å². The van der Waals surface area contributed by atoms with Crippen LogP contribution in [0.15, 0.2) is 77.9 Å². The Morgan fingerprint density at radius 2 is 1.91 bits per heavy atom. The normalized spacial score (nSPS) is 14.6. The number of pyridine rings is 1. The molecule has 1 aliphatic rings. The van der Waals surface area contributed by atoms with Gasteiger partial charge in [0.15, 0.2) is 6.19 Å². The number of likely N-dealkylation sites (tertiary alicyclic amines) is 1. The van der Waals surface area contributed by atoms with Gasteiger partial charge in [-0.25, -0.2) is 0 Å². The Kier molecular flexibility index (Phi) is 14.3. The number of nitrogens with one attached hydrogen (secondary N) is 2. The van der Waals surface area contributed by atoms with Crippen molar-refractivity contribution in [3.63, 3.8) is 0 Å². The fourth-order valence-corrected chi connectivity index (χ4v) is 5.65. The van der Waals surface area contributed by atoms with E-state index in [-0.39, 0.29) is 5.92 Å².